The summed E-state index contributed by atoms with van der Waals surface area (Å²) in [5, 5.41) is 11.0. The molecule has 0 aliphatic carbocycles. The summed E-state index contributed by atoms with van der Waals surface area (Å²) in [4.78, 5) is 23.2. The van der Waals surface area contributed by atoms with Crippen molar-refractivity contribution in [3.63, 3.8) is 0 Å². The molecule has 0 saturated carbocycles. The molecule has 0 aliphatic rings. The van der Waals surface area contributed by atoms with Crippen molar-refractivity contribution in [3.8, 4) is 16.9 Å². The van der Waals surface area contributed by atoms with Crippen molar-refractivity contribution in [2.24, 2.45) is 0 Å². The molecule has 2 aromatic rings. The van der Waals surface area contributed by atoms with E-state index >= 15 is 0 Å². The van der Waals surface area contributed by atoms with Crippen molar-refractivity contribution >= 4 is 23.3 Å². The van der Waals surface area contributed by atoms with E-state index in [1.807, 2.05) is 0 Å². The Kier molecular flexibility index (Phi) is 4.05. The molecule has 1 N–H and O–H groups in total. The summed E-state index contributed by atoms with van der Waals surface area (Å²) in [6, 6.07) is 6.40. The summed E-state index contributed by atoms with van der Waals surface area (Å²) in [7, 11) is 2.78. The normalized spacial score (nSPS) is 10.1. The SMILES string of the molecule is COC(=O)c1cc(-c2ccc(OC)cc2C(=O)O)cs1. The van der Waals surface area contributed by atoms with Crippen molar-refractivity contribution in [1.82, 2.24) is 0 Å². The average molecular weight is 292 g/mol. The molecule has 6 heteroatoms. The lowest BCUT2D eigenvalue weighted by atomic mass is 10.0. The van der Waals surface area contributed by atoms with Crippen molar-refractivity contribution < 1.29 is 24.2 Å². The third-order valence-electron chi connectivity index (χ3n) is 2.75. The van der Waals surface area contributed by atoms with Crippen molar-refractivity contribution in [2.75, 3.05) is 14.2 Å². The number of carboxylic acids is 1. The molecule has 0 fully saturated rings. The first-order valence-electron chi connectivity index (χ1n) is 5.65. The number of aromatic carboxylic acids is 1. The van der Waals surface area contributed by atoms with Crippen LogP contribution in [0.2, 0.25) is 0 Å². The number of thiophene rings is 1. The Bertz CT molecular complexity index is 659. The molecular formula is C14H12O5S. The largest absolute Gasteiger partial charge is 0.497 e. The number of esters is 1. The van der Waals surface area contributed by atoms with Crippen LogP contribution in [0.1, 0.15) is 20.0 Å². The third-order valence-corrected chi connectivity index (χ3v) is 3.66. The summed E-state index contributed by atoms with van der Waals surface area (Å²) < 4.78 is 9.66. The van der Waals surface area contributed by atoms with Gasteiger partial charge in [-0.1, -0.05) is 0 Å². The zero-order valence-electron chi connectivity index (χ0n) is 10.9. The second-order valence-electron chi connectivity index (χ2n) is 3.91. The molecule has 0 bridgehead atoms. The highest BCUT2D eigenvalue weighted by molar-refractivity contribution is 7.12. The van der Waals surface area contributed by atoms with E-state index in [1.165, 1.54) is 31.6 Å². The predicted octanol–water partition coefficient (Wildman–Crippen LogP) is 2.91. The minimum Gasteiger partial charge on any atom is -0.497 e. The number of benzene rings is 1. The van der Waals surface area contributed by atoms with Gasteiger partial charge in [0, 0.05) is 0 Å². The van der Waals surface area contributed by atoms with Crippen LogP contribution in [0.15, 0.2) is 29.6 Å². The Morgan fingerprint density at radius 1 is 1.20 bits per heavy atom. The van der Waals surface area contributed by atoms with Gasteiger partial charge in [-0.25, -0.2) is 9.59 Å². The second kappa shape index (κ2) is 5.75. The summed E-state index contributed by atoms with van der Waals surface area (Å²) >= 11 is 1.21. The maximum Gasteiger partial charge on any atom is 0.348 e. The van der Waals surface area contributed by atoms with Crippen LogP contribution in [0, 0.1) is 0 Å². The van der Waals surface area contributed by atoms with Gasteiger partial charge >= 0.3 is 11.9 Å². The molecule has 0 amide bonds. The van der Waals surface area contributed by atoms with E-state index in [-0.39, 0.29) is 5.56 Å². The predicted molar refractivity (Wildman–Crippen MR) is 74.6 cm³/mol. The maximum absolute atomic E-state index is 11.4. The van der Waals surface area contributed by atoms with Gasteiger partial charge in [0.15, 0.2) is 0 Å². The van der Waals surface area contributed by atoms with Crippen LogP contribution in [-0.2, 0) is 4.74 Å². The van der Waals surface area contributed by atoms with Crippen molar-refractivity contribution in [2.45, 2.75) is 0 Å². The molecule has 5 nitrogen and oxygen atoms in total. The highest BCUT2D eigenvalue weighted by Gasteiger charge is 2.16. The second-order valence-corrected chi connectivity index (χ2v) is 4.82. The molecule has 0 saturated heterocycles. The molecule has 0 radical (unpaired) electrons. The number of carbonyl (C=O) groups excluding carboxylic acids is 1. The average Bonchev–Trinajstić information content (AvgIpc) is 2.95. The van der Waals surface area contributed by atoms with Crippen LogP contribution >= 0.6 is 11.3 Å². The number of ether oxygens (including phenoxy) is 2. The van der Waals surface area contributed by atoms with Crippen molar-refractivity contribution in [1.29, 1.82) is 0 Å². The topological polar surface area (TPSA) is 72.8 Å². The summed E-state index contributed by atoms with van der Waals surface area (Å²) in [6.07, 6.45) is 0. The minimum absolute atomic E-state index is 0.124. The molecule has 1 aromatic heterocycles. The van der Waals surface area contributed by atoms with Crippen molar-refractivity contribution in [3.05, 3.63) is 40.1 Å². The standard InChI is InChI=1S/C14H12O5S/c1-18-9-3-4-10(11(6-9)13(15)16)8-5-12(20-7-8)14(17)19-2/h3-7H,1-2H3,(H,15,16). The van der Waals surface area contributed by atoms with E-state index < -0.39 is 11.9 Å². The lowest BCUT2D eigenvalue weighted by molar-refractivity contribution is 0.0605. The first-order valence-corrected chi connectivity index (χ1v) is 6.53. The number of carbonyl (C=O) groups is 2. The molecule has 0 atom stereocenters. The van der Waals surface area contributed by atoms with Gasteiger partial charge in [0.1, 0.15) is 10.6 Å². The van der Waals surface area contributed by atoms with Gasteiger partial charge in [0.25, 0.3) is 0 Å². The van der Waals surface area contributed by atoms with E-state index in [9.17, 15) is 14.7 Å². The van der Waals surface area contributed by atoms with Gasteiger partial charge in [0.05, 0.1) is 19.8 Å². The van der Waals surface area contributed by atoms with Gasteiger partial charge in [-0.05, 0) is 40.8 Å². The van der Waals surface area contributed by atoms with Gasteiger partial charge in [0.2, 0.25) is 0 Å². The summed E-state index contributed by atoms with van der Waals surface area (Å²) in [5.41, 5.74) is 1.32. The minimum atomic E-state index is -1.05. The van der Waals surface area contributed by atoms with E-state index in [0.717, 1.165) is 0 Å². The van der Waals surface area contributed by atoms with E-state index in [1.54, 1.807) is 23.6 Å². The number of hydrogen-bond donors (Lipinski definition) is 1. The maximum atomic E-state index is 11.4. The first-order chi connectivity index (χ1) is 9.56. The van der Waals surface area contributed by atoms with Crippen LogP contribution in [0.4, 0.5) is 0 Å². The fourth-order valence-corrected chi connectivity index (χ4v) is 2.59. The molecule has 0 aliphatic heterocycles. The Morgan fingerprint density at radius 3 is 2.55 bits per heavy atom. The Labute approximate surface area is 119 Å². The first kappa shape index (κ1) is 14.1. The quantitative estimate of drug-likeness (QED) is 0.877. The number of carboxylic acid groups (broad SMARTS) is 1. The van der Waals surface area contributed by atoms with Crippen LogP contribution < -0.4 is 4.74 Å². The van der Waals surface area contributed by atoms with Gasteiger partial charge in [-0.2, -0.15) is 0 Å². The zero-order valence-corrected chi connectivity index (χ0v) is 11.7. The number of hydrogen-bond acceptors (Lipinski definition) is 5. The van der Waals surface area contributed by atoms with Crippen LogP contribution in [-0.4, -0.2) is 31.3 Å². The molecule has 0 spiro atoms. The lowest BCUT2D eigenvalue weighted by Gasteiger charge is -2.06. The third kappa shape index (κ3) is 2.65. The molecule has 1 aromatic carbocycles. The summed E-state index contributed by atoms with van der Waals surface area (Å²) in [5.74, 6) is -1.02. The molecule has 20 heavy (non-hydrogen) atoms. The van der Waals surface area contributed by atoms with Gasteiger partial charge in [-0.3, -0.25) is 0 Å². The van der Waals surface area contributed by atoms with Crippen LogP contribution in [0.5, 0.6) is 5.75 Å². The monoisotopic (exact) mass is 292 g/mol. The molecule has 104 valence electrons. The Morgan fingerprint density at radius 2 is 1.95 bits per heavy atom. The Hall–Kier alpha value is -2.34. The fraction of sp³-hybridized carbons (Fsp3) is 0.143. The molecule has 0 unspecified atom stereocenters. The van der Waals surface area contributed by atoms with Crippen LogP contribution in [0.3, 0.4) is 0 Å². The van der Waals surface area contributed by atoms with Crippen LogP contribution in [0.25, 0.3) is 11.1 Å². The van der Waals surface area contributed by atoms with E-state index in [2.05, 4.69) is 4.74 Å². The zero-order chi connectivity index (χ0) is 14.7. The smallest absolute Gasteiger partial charge is 0.348 e. The molecular weight excluding hydrogens is 280 g/mol. The highest BCUT2D eigenvalue weighted by Crippen LogP contribution is 2.31. The van der Waals surface area contributed by atoms with E-state index in [0.29, 0.717) is 21.8 Å². The Balaban J connectivity index is 2.49. The van der Waals surface area contributed by atoms with Gasteiger partial charge < -0.3 is 14.6 Å². The number of rotatable bonds is 4. The lowest BCUT2D eigenvalue weighted by Crippen LogP contribution is -2.00. The van der Waals surface area contributed by atoms with E-state index in [4.69, 9.17) is 4.74 Å². The summed E-state index contributed by atoms with van der Waals surface area (Å²) in [6.45, 7) is 0. The fourth-order valence-electron chi connectivity index (χ4n) is 1.76. The van der Waals surface area contributed by atoms with Gasteiger partial charge in [-0.15, -0.1) is 11.3 Å². The molecule has 1 heterocycles. The molecule has 2 rings (SSSR count). The highest BCUT2D eigenvalue weighted by atomic mass is 32.1. The number of methoxy groups -OCH3 is 2.